The Morgan fingerprint density at radius 1 is 1.33 bits per heavy atom. The number of primary amides is 1. The Balaban J connectivity index is 1.99. The third-order valence-electron chi connectivity index (χ3n) is 4.41. The van der Waals surface area contributed by atoms with Crippen molar-refractivity contribution in [1.29, 1.82) is 5.26 Å². The number of rotatable bonds is 6. The SMILES string of the molecule is N#Cc1cccc(C=CC(=O)NC(CC(N)=O)C2CCCCC2)c1. The van der Waals surface area contributed by atoms with Crippen LogP contribution in [0, 0.1) is 17.2 Å². The number of benzene rings is 1. The number of nitrogens with zero attached hydrogens (tertiary/aromatic N) is 1. The van der Waals surface area contributed by atoms with E-state index in [1.165, 1.54) is 12.5 Å². The molecule has 2 rings (SSSR count). The van der Waals surface area contributed by atoms with E-state index in [9.17, 15) is 9.59 Å². The molecule has 1 aromatic carbocycles. The van der Waals surface area contributed by atoms with Crippen LogP contribution < -0.4 is 11.1 Å². The maximum absolute atomic E-state index is 12.2. The minimum atomic E-state index is -0.392. The predicted molar refractivity (Wildman–Crippen MR) is 92.5 cm³/mol. The average Bonchev–Trinajstić information content (AvgIpc) is 2.60. The largest absolute Gasteiger partial charge is 0.370 e. The van der Waals surface area contributed by atoms with Crippen LogP contribution in [0.2, 0.25) is 0 Å². The van der Waals surface area contributed by atoms with E-state index in [2.05, 4.69) is 11.4 Å². The highest BCUT2D eigenvalue weighted by Crippen LogP contribution is 2.27. The molecule has 1 fully saturated rings. The second-order valence-corrected chi connectivity index (χ2v) is 6.25. The van der Waals surface area contributed by atoms with E-state index < -0.39 is 5.91 Å². The van der Waals surface area contributed by atoms with Gasteiger partial charge in [0.05, 0.1) is 11.6 Å². The van der Waals surface area contributed by atoms with Gasteiger partial charge in [0.2, 0.25) is 11.8 Å². The number of hydrogen-bond donors (Lipinski definition) is 2. The molecule has 1 saturated carbocycles. The molecule has 1 aliphatic carbocycles. The Kier molecular flexibility index (Phi) is 6.56. The molecule has 24 heavy (non-hydrogen) atoms. The van der Waals surface area contributed by atoms with Crippen molar-refractivity contribution in [2.45, 2.75) is 44.6 Å². The summed E-state index contributed by atoms with van der Waals surface area (Å²) in [6.45, 7) is 0. The zero-order chi connectivity index (χ0) is 17.4. The number of nitriles is 1. The van der Waals surface area contributed by atoms with Gasteiger partial charge in [-0.3, -0.25) is 9.59 Å². The van der Waals surface area contributed by atoms with E-state index >= 15 is 0 Å². The molecule has 0 bridgehead atoms. The summed E-state index contributed by atoms with van der Waals surface area (Å²) in [5, 5.41) is 11.8. The van der Waals surface area contributed by atoms with E-state index in [0.717, 1.165) is 31.2 Å². The molecular formula is C19H23N3O2. The number of nitrogens with two attached hydrogens (primary N) is 1. The van der Waals surface area contributed by atoms with Gasteiger partial charge in [-0.05, 0) is 42.5 Å². The lowest BCUT2D eigenvalue weighted by molar-refractivity contribution is -0.120. The van der Waals surface area contributed by atoms with Crippen LogP contribution in [0.4, 0.5) is 0 Å². The Labute approximate surface area is 142 Å². The third kappa shape index (κ3) is 5.54. The first kappa shape index (κ1) is 17.7. The summed E-state index contributed by atoms with van der Waals surface area (Å²) in [5.74, 6) is -0.323. The van der Waals surface area contributed by atoms with Crippen molar-refractivity contribution < 1.29 is 9.59 Å². The number of hydrogen-bond acceptors (Lipinski definition) is 3. The van der Waals surface area contributed by atoms with Gasteiger partial charge in [-0.15, -0.1) is 0 Å². The van der Waals surface area contributed by atoms with E-state index in [-0.39, 0.29) is 18.4 Å². The molecule has 5 heteroatoms. The lowest BCUT2D eigenvalue weighted by atomic mass is 9.82. The lowest BCUT2D eigenvalue weighted by Crippen LogP contribution is -2.42. The van der Waals surface area contributed by atoms with Gasteiger partial charge in [-0.2, -0.15) is 5.26 Å². The minimum absolute atomic E-state index is 0.175. The van der Waals surface area contributed by atoms with Gasteiger partial charge in [0.25, 0.3) is 0 Å². The van der Waals surface area contributed by atoms with Crippen LogP contribution in [-0.2, 0) is 9.59 Å². The predicted octanol–water partition coefficient (Wildman–Crippen LogP) is 2.51. The van der Waals surface area contributed by atoms with Crippen molar-refractivity contribution in [3.63, 3.8) is 0 Å². The molecule has 1 aliphatic rings. The zero-order valence-corrected chi connectivity index (χ0v) is 13.7. The van der Waals surface area contributed by atoms with E-state index in [4.69, 9.17) is 11.0 Å². The molecule has 0 saturated heterocycles. The molecular weight excluding hydrogens is 302 g/mol. The van der Waals surface area contributed by atoms with Crippen LogP contribution in [0.3, 0.4) is 0 Å². The first-order valence-electron chi connectivity index (χ1n) is 8.35. The second-order valence-electron chi connectivity index (χ2n) is 6.25. The smallest absolute Gasteiger partial charge is 0.244 e. The van der Waals surface area contributed by atoms with E-state index in [0.29, 0.717) is 11.5 Å². The maximum Gasteiger partial charge on any atom is 0.244 e. The van der Waals surface area contributed by atoms with E-state index in [1.807, 2.05) is 6.07 Å². The summed E-state index contributed by atoms with van der Waals surface area (Å²) < 4.78 is 0. The molecule has 0 aliphatic heterocycles. The fraction of sp³-hybridized carbons (Fsp3) is 0.421. The zero-order valence-electron chi connectivity index (χ0n) is 13.7. The third-order valence-corrected chi connectivity index (χ3v) is 4.41. The van der Waals surface area contributed by atoms with Gasteiger partial charge < -0.3 is 11.1 Å². The standard InChI is InChI=1S/C19H23N3O2/c20-13-15-6-4-5-14(11-15)9-10-19(24)22-17(12-18(21)23)16-7-2-1-3-8-16/h4-6,9-11,16-17H,1-3,7-8,12H2,(H2,21,23)(H,22,24). The lowest BCUT2D eigenvalue weighted by Gasteiger charge is -2.30. The Morgan fingerprint density at radius 3 is 2.75 bits per heavy atom. The van der Waals surface area contributed by atoms with Crippen LogP contribution in [-0.4, -0.2) is 17.9 Å². The highest BCUT2D eigenvalue weighted by molar-refractivity contribution is 5.92. The summed E-state index contributed by atoms with van der Waals surface area (Å²) in [7, 11) is 0. The Morgan fingerprint density at radius 2 is 2.08 bits per heavy atom. The molecule has 0 heterocycles. The minimum Gasteiger partial charge on any atom is -0.370 e. The highest BCUT2D eigenvalue weighted by Gasteiger charge is 2.25. The van der Waals surface area contributed by atoms with Crippen molar-refractivity contribution in [2.75, 3.05) is 0 Å². The fourth-order valence-corrected chi connectivity index (χ4v) is 3.20. The normalized spacial score (nSPS) is 16.5. The summed E-state index contributed by atoms with van der Waals surface area (Å²) >= 11 is 0. The summed E-state index contributed by atoms with van der Waals surface area (Å²) in [4.78, 5) is 23.5. The number of amides is 2. The summed E-state index contributed by atoms with van der Waals surface area (Å²) in [6, 6.07) is 8.89. The van der Waals surface area contributed by atoms with Crippen molar-refractivity contribution >= 4 is 17.9 Å². The number of carbonyl (C=O) groups is 2. The monoisotopic (exact) mass is 325 g/mol. The van der Waals surface area contributed by atoms with Crippen molar-refractivity contribution in [3.8, 4) is 6.07 Å². The fourth-order valence-electron chi connectivity index (χ4n) is 3.20. The van der Waals surface area contributed by atoms with Gasteiger partial charge in [0.1, 0.15) is 0 Å². The molecule has 1 aromatic rings. The van der Waals surface area contributed by atoms with Crippen molar-refractivity contribution in [1.82, 2.24) is 5.32 Å². The topological polar surface area (TPSA) is 96.0 Å². The Bertz CT molecular complexity index is 655. The highest BCUT2D eigenvalue weighted by atomic mass is 16.2. The van der Waals surface area contributed by atoms with E-state index in [1.54, 1.807) is 24.3 Å². The molecule has 2 amide bonds. The van der Waals surface area contributed by atoms with Crippen LogP contribution in [0.25, 0.3) is 6.08 Å². The molecule has 0 aromatic heterocycles. The van der Waals surface area contributed by atoms with Gasteiger partial charge in [-0.25, -0.2) is 0 Å². The van der Waals surface area contributed by atoms with Crippen LogP contribution >= 0.6 is 0 Å². The first-order valence-corrected chi connectivity index (χ1v) is 8.35. The average molecular weight is 325 g/mol. The first-order chi connectivity index (χ1) is 11.6. The molecule has 126 valence electrons. The molecule has 0 spiro atoms. The number of carbonyl (C=O) groups excluding carboxylic acids is 2. The molecule has 1 atom stereocenters. The van der Waals surface area contributed by atoms with Gasteiger partial charge >= 0.3 is 0 Å². The van der Waals surface area contributed by atoms with Crippen molar-refractivity contribution in [2.24, 2.45) is 11.7 Å². The molecule has 0 radical (unpaired) electrons. The molecule has 3 N–H and O–H groups in total. The van der Waals surface area contributed by atoms with Gasteiger partial charge in [0, 0.05) is 18.5 Å². The second kappa shape index (κ2) is 8.88. The quantitative estimate of drug-likeness (QED) is 0.787. The van der Waals surface area contributed by atoms with Gasteiger partial charge in [-0.1, -0.05) is 31.4 Å². The summed E-state index contributed by atoms with van der Waals surface area (Å²) in [5.41, 5.74) is 6.67. The van der Waals surface area contributed by atoms with Crippen LogP contribution in [0.1, 0.15) is 49.7 Å². The van der Waals surface area contributed by atoms with Crippen LogP contribution in [0.15, 0.2) is 30.3 Å². The summed E-state index contributed by atoms with van der Waals surface area (Å²) in [6.07, 6.45) is 8.79. The van der Waals surface area contributed by atoms with Crippen molar-refractivity contribution in [3.05, 3.63) is 41.5 Å². The molecule has 1 unspecified atom stereocenters. The molecule has 5 nitrogen and oxygen atoms in total. The number of nitrogens with one attached hydrogen (secondary N) is 1. The maximum atomic E-state index is 12.2. The Hall–Kier alpha value is -2.61. The van der Waals surface area contributed by atoms with Gasteiger partial charge in [0.15, 0.2) is 0 Å². The van der Waals surface area contributed by atoms with Crippen LogP contribution in [0.5, 0.6) is 0 Å².